The van der Waals surface area contributed by atoms with Gasteiger partial charge in [-0.05, 0) is 18.6 Å². The van der Waals surface area contributed by atoms with E-state index < -0.39 is 0 Å². The van der Waals surface area contributed by atoms with Gasteiger partial charge >= 0.3 is 5.69 Å². The van der Waals surface area contributed by atoms with Crippen molar-refractivity contribution < 1.29 is 0 Å². The van der Waals surface area contributed by atoms with Gasteiger partial charge in [0.05, 0.1) is 0 Å². The summed E-state index contributed by atoms with van der Waals surface area (Å²) in [5, 5.41) is 10.5. The van der Waals surface area contributed by atoms with Gasteiger partial charge in [0.15, 0.2) is 5.65 Å². The van der Waals surface area contributed by atoms with Crippen molar-refractivity contribution in [1.82, 2.24) is 19.8 Å². The van der Waals surface area contributed by atoms with E-state index in [1.54, 1.807) is 6.07 Å². The number of fused-ring (bicyclic) bond motifs is 1. The second-order valence-electron chi connectivity index (χ2n) is 4.02. The average Bonchev–Trinajstić information content (AvgIpc) is 2.76. The van der Waals surface area contributed by atoms with E-state index in [-0.39, 0.29) is 5.69 Å². The predicted molar refractivity (Wildman–Crippen MR) is 71.4 cm³/mol. The third-order valence-corrected chi connectivity index (χ3v) is 2.89. The van der Waals surface area contributed by atoms with Crippen molar-refractivity contribution in [1.29, 1.82) is 0 Å². The van der Waals surface area contributed by atoms with Gasteiger partial charge in [-0.3, -0.25) is 0 Å². The molecule has 7 heteroatoms. The third-order valence-electron chi connectivity index (χ3n) is 2.72. The molecule has 0 saturated heterocycles. The molecule has 0 fully saturated rings. The van der Waals surface area contributed by atoms with Crippen molar-refractivity contribution in [3.05, 3.63) is 22.6 Å². The van der Waals surface area contributed by atoms with Crippen molar-refractivity contribution in [2.75, 3.05) is 23.9 Å². The average molecular weight is 270 g/mol. The van der Waals surface area contributed by atoms with Crippen LogP contribution >= 0.6 is 11.6 Å². The molecule has 2 heterocycles. The zero-order chi connectivity index (χ0) is 13.0. The summed E-state index contributed by atoms with van der Waals surface area (Å²) < 4.78 is 1.27. The smallest absolute Gasteiger partial charge is 0.354 e. The van der Waals surface area contributed by atoms with Crippen molar-refractivity contribution in [3.63, 3.8) is 0 Å². The van der Waals surface area contributed by atoms with Crippen LogP contribution in [-0.2, 0) is 0 Å². The van der Waals surface area contributed by atoms with Crippen LogP contribution in [0.2, 0.25) is 0 Å². The van der Waals surface area contributed by atoms with Crippen LogP contribution in [0.5, 0.6) is 0 Å². The zero-order valence-electron chi connectivity index (χ0n) is 10.3. The molecule has 0 saturated carbocycles. The van der Waals surface area contributed by atoms with Crippen LogP contribution in [-0.4, -0.2) is 38.8 Å². The van der Waals surface area contributed by atoms with E-state index in [1.165, 1.54) is 4.52 Å². The van der Waals surface area contributed by atoms with E-state index in [9.17, 15) is 4.79 Å². The number of nitrogens with zero attached hydrogens (tertiary/aromatic N) is 4. The first-order valence-corrected chi connectivity index (χ1v) is 6.55. The number of alkyl halides is 1. The maximum atomic E-state index is 11.5. The Labute approximate surface area is 110 Å². The number of hydrogen-bond acceptors (Lipinski definition) is 4. The fourth-order valence-corrected chi connectivity index (χ4v) is 1.96. The lowest BCUT2D eigenvalue weighted by Gasteiger charge is -2.22. The Bertz CT molecular complexity index is 564. The lowest BCUT2D eigenvalue weighted by atomic mass is 10.3. The molecule has 0 aromatic carbocycles. The van der Waals surface area contributed by atoms with Gasteiger partial charge in [-0.1, -0.05) is 13.3 Å². The summed E-state index contributed by atoms with van der Waals surface area (Å²) in [6.45, 7) is 3.73. The highest BCUT2D eigenvalue weighted by Crippen LogP contribution is 2.11. The second-order valence-corrected chi connectivity index (χ2v) is 4.40. The summed E-state index contributed by atoms with van der Waals surface area (Å²) in [5.41, 5.74) is 0.193. The Morgan fingerprint density at radius 3 is 3.00 bits per heavy atom. The Hall–Kier alpha value is -1.56. The maximum Gasteiger partial charge on any atom is 0.364 e. The summed E-state index contributed by atoms with van der Waals surface area (Å²) >= 11 is 5.80. The van der Waals surface area contributed by atoms with Crippen molar-refractivity contribution >= 4 is 23.1 Å². The molecule has 6 nitrogen and oxygen atoms in total. The molecular weight excluding hydrogens is 254 g/mol. The number of aromatic amines is 1. The largest absolute Gasteiger partial charge is 0.364 e. The van der Waals surface area contributed by atoms with Gasteiger partial charge in [0.25, 0.3) is 0 Å². The number of anilines is 1. The number of halogens is 1. The first-order chi connectivity index (χ1) is 8.76. The minimum Gasteiger partial charge on any atom is -0.354 e. The van der Waals surface area contributed by atoms with Gasteiger partial charge < -0.3 is 4.90 Å². The Morgan fingerprint density at radius 2 is 2.28 bits per heavy atom. The highest BCUT2D eigenvalue weighted by Gasteiger charge is 2.09. The summed E-state index contributed by atoms with van der Waals surface area (Å²) in [7, 11) is 0. The fraction of sp³-hybridized carbons (Fsp3) is 0.545. The number of hydrogen-bond donors (Lipinski definition) is 1. The second kappa shape index (κ2) is 5.86. The Balaban J connectivity index is 2.30. The topological polar surface area (TPSA) is 66.3 Å². The van der Waals surface area contributed by atoms with Gasteiger partial charge in [-0.15, -0.1) is 16.7 Å². The van der Waals surface area contributed by atoms with Gasteiger partial charge in [0.2, 0.25) is 0 Å². The number of aromatic nitrogens is 4. The predicted octanol–water partition coefficient (Wildman–Crippen LogP) is 1.26. The molecule has 2 aromatic rings. The van der Waals surface area contributed by atoms with Gasteiger partial charge in [-0.25, -0.2) is 9.89 Å². The van der Waals surface area contributed by atoms with Gasteiger partial charge in [0.1, 0.15) is 5.82 Å². The van der Waals surface area contributed by atoms with E-state index in [4.69, 9.17) is 11.6 Å². The molecule has 0 bridgehead atoms. The molecule has 2 aromatic heterocycles. The molecule has 18 heavy (non-hydrogen) atoms. The highest BCUT2D eigenvalue weighted by atomic mass is 35.5. The molecule has 0 aliphatic rings. The lowest BCUT2D eigenvalue weighted by molar-refractivity contribution is 0.712. The number of nitrogens with one attached hydrogen (secondary N) is 1. The van der Waals surface area contributed by atoms with Crippen molar-refractivity contribution in [3.8, 4) is 0 Å². The van der Waals surface area contributed by atoms with E-state index >= 15 is 0 Å². The van der Waals surface area contributed by atoms with Crippen molar-refractivity contribution in [2.24, 2.45) is 0 Å². The van der Waals surface area contributed by atoms with Crippen LogP contribution in [0, 0.1) is 0 Å². The SMILES string of the molecule is CCCCN(CCCl)c1ccc2n[nH]c(=O)n2n1. The van der Waals surface area contributed by atoms with Gasteiger partial charge in [0, 0.05) is 19.0 Å². The van der Waals surface area contributed by atoms with Crippen LogP contribution < -0.4 is 10.6 Å². The van der Waals surface area contributed by atoms with Crippen LogP contribution in [0.1, 0.15) is 19.8 Å². The van der Waals surface area contributed by atoms with Crippen LogP contribution in [0.3, 0.4) is 0 Å². The fourth-order valence-electron chi connectivity index (χ4n) is 1.75. The molecule has 2 rings (SSSR count). The minimum atomic E-state index is -0.326. The van der Waals surface area contributed by atoms with E-state index in [0.29, 0.717) is 18.1 Å². The number of unbranched alkanes of at least 4 members (excludes halogenated alkanes) is 1. The van der Waals surface area contributed by atoms with Crippen LogP contribution in [0.4, 0.5) is 5.82 Å². The van der Waals surface area contributed by atoms with Crippen LogP contribution in [0.25, 0.3) is 5.65 Å². The number of H-pyrrole nitrogens is 1. The zero-order valence-corrected chi connectivity index (χ0v) is 11.0. The van der Waals surface area contributed by atoms with Crippen LogP contribution in [0.15, 0.2) is 16.9 Å². The quantitative estimate of drug-likeness (QED) is 0.802. The summed E-state index contributed by atoms with van der Waals surface area (Å²) in [6.07, 6.45) is 2.17. The number of rotatable bonds is 6. The summed E-state index contributed by atoms with van der Waals surface area (Å²) in [5.74, 6) is 1.28. The van der Waals surface area contributed by atoms with Gasteiger partial charge in [-0.2, -0.15) is 9.61 Å². The molecular formula is C11H16ClN5O. The monoisotopic (exact) mass is 269 g/mol. The maximum absolute atomic E-state index is 11.5. The molecule has 0 aliphatic carbocycles. The standard InChI is InChI=1S/C11H16ClN5O/c1-2-3-7-16(8-6-12)10-5-4-9-13-14-11(18)17(9)15-10/h4-5H,2-3,6-8H2,1H3,(H,14,18). The molecule has 0 unspecified atom stereocenters. The molecule has 0 atom stereocenters. The normalized spacial score (nSPS) is 11.0. The molecule has 0 amide bonds. The van der Waals surface area contributed by atoms with Crippen molar-refractivity contribution in [2.45, 2.75) is 19.8 Å². The Kier molecular flexibility index (Phi) is 4.19. The van der Waals surface area contributed by atoms with E-state index in [2.05, 4.69) is 27.1 Å². The molecule has 0 spiro atoms. The summed E-state index contributed by atoms with van der Waals surface area (Å²) in [4.78, 5) is 13.5. The van der Waals surface area contributed by atoms with E-state index in [0.717, 1.165) is 25.2 Å². The molecule has 1 N–H and O–H groups in total. The first-order valence-electron chi connectivity index (χ1n) is 6.01. The summed E-state index contributed by atoms with van der Waals surface area (Å²) in [6, 6.07) is 3.63. The molecule has 0 radical (unpaired) electrons. The lowest BCUT2D eigenvalue weighted by Crippen LogP contribution is -2.28. The minimum absolute atomic E-state index is 0.326. The molecule has 98 valence electrons. The molecule has 0 aliphatic heterocycles. The van der Waals surface area contributed by atoms with E-state index in [1.807, 2.05) is 6.07 Å². The Morgan fingerprint density at radius 1 is 1.44 bits per heavy atom. The third kappa shape index (κ3) is 2.64. The first kappa shape index (κ1) is 12.9. The highest BCUT2D eigenvalue weighted by molar-refractivity contribution is 6.18.